The van der Waals surface area contributed by atoms with Crippen LogP contribution >= 0.6 is 0 Å². The van der Waals surface area contributed by atoms with Gasteiger partial charge in [0.25, 0.3) is 0 Å². The first-order valence-electron chi connectivity index (χ1n) is 4.92. The molecule has 1 aromatic carbocycles. The van der Waals surface area contributed by atoms with Gasteiger partial charge in [0.1, 0.15) is 5.82 Å². The first-order chi connectivity index (χ1) is 7.31. The third-order valence-electron chi connectivity index (χ3n) is 2.76. The van der Waals surface area contributed by atoms with Crippen molar-refractivity contribution >= 4 is 17.2 Å². The molecule has 0 N–H and O–H groups in total. The molecule has 0 bridgehead atoms. The van der Waals surface area contributed by atoms with E-state index in [4.69, 9.17) is 0 Å². The molecule has 0 atom stereocenters. The fourth-order valence-electron chi connectivity index (χ4n) is 1.85. The summed E-state index contributed by atoms with van der Waals surface area (Å²) in [5.74, 6) is -0.472. The van der Waals surface area contributed by atoms with Crippen LogP contribution in [0.3, 0.4) is 0 Å². The van der Waals surface area contributed by atoms with Crippen LogP contribution in [0.2, 0.25) is 0 Å². The zero-order chi connectivity index (χ0) is 10.4. The number of nitrogens with zero attached hydrogens (tertiary/aromatic N) is 2. The molecule has 3 rings (SSSR count). The number of benzene rings is 1. The van der Waals surface area contributed by atoms with Gasteiger partial charge < -0.3 is 0 Å². The Kier molecular flexibility index (Phi) is 1.65. The van der Waals surface area contributed by atoms with E-state index in [1.165, 1.54) is 6.07 Å². The van der Waals surface area contributed by atoms with Gasteiger partial charge in [0.2, 0.25) is 0 Å². The van der Waals surface area contributed by atoms with Gasteiger partial charge in [0.15, 0.2) is 6.29 Å². The zero-order valence-electron chi connectivity index (χ0n) is 7.98. The zero-order valence-corrected chi connectivity index (χ0v) is 7.98. The highest BCUT2D eigenvalue weighted by Crippen LogP contribution is 2.37. The maximum Gasteiger partial charge on any atom is 0.155 e. The van der Waals surface area contributed by atoms with Gasteiger partial charge in [-0.1, -0.05) is 0 Å². The summed E-state index contributed by atoms with van der Waals surface area (Å²) in [4.78, 5) is 10.9. The standard InChI is InChI=1S/C11H9FN2O/c12-10-4-1-7-5-13-14(8-2-3-8)11(7)9(10)6-15/h1,4-6,8H,2-3H2. The van der Waals surface area contributed by atoms with E-state index in [0.717, 1.165) is 18.2 Å². The van der Waals surface area contributed by atoms with E-state index in [2.05, 4.69) is 5.10 Å². The van der Waals surface area contributed by atoms with Crippen molar-refractivity contribution in [2.24, 2.45) is 0 Å². The smallest absolute Gasteiger partial charge is 0.155 e. The van der Waals surface area contributed by atoms with Crippen molar-refractivity contribution in [2.45, 2.75) is 18.9 Å². The lowest BCUT2D eigenvalue weighted by atomic mass is 10.1. The van der Waals surface area contributed by atoms with Crippen molar-refractivity contribution in [1.82, 2.24) is 9.78 Å². The van der Waals surface area contributed by atoms with E-state index >= 15 is 0 Å². The second kappa shape index (κ2) is 2.89. The molecular weight excluding hydrogens is 195 g/mol. The van der Waals surface area contributed by atoms with Crippen LogP contribution < -0.4 is 0 Å². The fraction of sp³-hybridized carbons (Fsp3) is 0.273. The number of halogens is 1. The van der Waals surface area contributed by atoms with Gasteiger partial charge >= 0.3 is 0 Å². The van der Waals surface area contributed by atoms with E-state index in [0.29, 0.717) is 17.8 Å². The molecule has 15 heavy (non-hydrogen) atoms. The largest absolute Gasteiger partial charge is 0.298 e. The van der Waals surface area contributed by atoms with Crippen molar-refractivity contribution in [3.63, 3.8) is 0 Å². The Bertz CT molecular complexity index is 543. The molecular formula is C11H9FN2O. The molecule has 76 valence electrons. The average Bonchev–Trinajstić information content (AvgIpc) is 2.99. The molecule has 0 amide bonds. The normalized spacial score (nSPS) is 15.8. The molecule has 4 heteroatoms. The summed E-state index contributed by atoms with van der Waals surface area (Å²) < 4.78 is 15.2. The Morgan fingerprint density at radius 2 is 2.27 bits per heavy atom. The predicted octanol–water partition coefficient (Wildman–Crippen LogP) is 2.32. The number of fused-ring (bicyclic) bond motifs is 1. The predicted molar refractivity (Wildman–Crippen MR) is 53.3 cm³/mol. The minimum Gasteiger partial charge on any atom is -0.298 e. The number of aldehydes is 1. The van der Waals surface area contributed by atoms with E-state index in [1.54, 1.807) is 16.9 Å². The molecule has 1 aliphatic rings. The molecule has 1 heterocycles. The summed E-state index contributed by atoms with van der Waals surface area (Å²) in [5, 5.41) is 5.02. The van der Waals surface area contributed by atoms with Crippen molar-refractivity contribution in [3.05, 3.63) is 29.7 Å². The third-order valence-corrected chi connectivity index (χ3v) is 2.76. The number of aromatic nitrogens is 2. The summed E-state index contributed by atoms with van der Waals surface area (Å²) >= 11 is 0. The highest BCUT2D eigenvalue weighted by molar-refractivity contribution is 5.96. The van der Waals surface area contributed by atoms with E-state index < -0.39 is 5.82 Å². The van der Waals surface area contributed by atoms with Crippen LogP contribution in [-0.2, 0) is 0 Å². The van der Waals surface area contributed by atoms with Crippen molar-refractivity contribution < 1.29 is 9.18 Å². The second-order valence-corrected chi connectivity index (χ2v) is 3.84. The van der Waals surface area contributed by atoms with Gasteiger partial charge in [-0.25, -0.2) is 4.39 Å². The van der Waals surface area contributed by atoms with Gasteiger partial charge in [-0.15, -0.1) is 0 Å². The van der Waals surface area contributed by atoms with Crippen LogP contribution in [0.4, 0.5) is 4.39 Å². The molecule has 3 nitrogen and oxygen atoms in total. The molecule has 0 saturated heterocycles. The summed E-state index contributed by atoms with van der Waals surface area (Å²) in [5.41, 5.74) is 0.754. The lowest BCUT2D eigenvalue weighted by molar-refractivity contribution is 0.112. The maximum absolute atomic E-state index is 13.4. The lowest BCUT2D eigenvalue weighted by Crippen LogP contribution is -2.00. The van der Waals surface area contributed by atoms with Crippen LogP contribution in [0, 0.1) is 5.82 Å². The van der Waals surface area contributed by atoms with Gasteiger partial charge in [-0.05, 0) is 25.0 Å². The first-order valence-corrected chi connectivity index (χ1v) is 4.92. The van der Waals surface area contributed by atoms with Gasteiger partial charge in [0, 0.05) is 5.39 Å². The van der Waals surface area contributed by atoms with Crippen LogP contribution in [-0.4, -0.2) is 16.1 Å². The van der Waals surface area contributed by atoms with Crippen LogP contribution in [0.1, 0.15) is 29.2 Å². The minimum atomic E-state index is -0.472. The third kappa shape index (κ3) is 1.17. The Morgan fingerprint density at radius 3 is 2.93 bits per heavy atom. The molecule has 0 spiro atoms. The van der Waals surface area contributed by atoms with Gasteiger partial charge in [-0.3, -0.25) is 9.48 Å². The maximum atomic E-state index is 13.4. The molecule has 1 aromatic heterocycles. The minimum absolute atomic E-state index is 0.122. The summed E-state index contributed by atoms with van der Waals surface area (Å²) in [6, 6.07) is 3.32. The molecule has 0 aliphatic heterocycles. The topological polar surface area (TPSA) is 34.9 Å². The number of carbonyl (C=O) groups excluding carboxylic acids is 1. The SMILES string of the molecule is O=Cc1c(F)ccc2cnn(C3CC3)c12. The van der Waals surface area contributed by atoms with E-state index in [-0.39, 0.29) is 5.56 Å². The Balaban J connectivity index is 2.37. The number of hydrogen-bond donors (Lipinski definition) is 0. The van der Waals surface area contributed by atoms with Crippen molar-refractivity contribution in [1.29, 1.82) is 0 Å². The second-order valence-electron chi connectivity index (χ2n) is 3.84. The van der Waals surface area contributed by atoms with Gasteiger partial charge in [-0.2, -0.15) is 5.10 Å². The summed E-state index contributed by atoms with van der Waals surface area (Å²) in [6.07, 6.45) is 4.37. The average molecular weight is 204 g/mol. The molecule has 0 radical (unpaired) electrons. The van der Waals surface area contributed by atoms with Crippen molar-refractivity contribution in [3.8, 4) is 0 Å². The van der Waals surface area contributed by atoms with E-state index in [1.807, 2.05) is 0 Å². The van der Waals surface area contributed by atoms with Crippen LogP contribution in [0.25, 0.3) is 10.9 Å². The molecule has 1 fully saturated rings. The van der Waals surface area contributed by atoms with Gasteiger partial charge in [0.05, 0.1) is 23.3 Å². The fourth-order valence-corrected chi connectivity index (χ4v) is 1.85. The van der Waals surface area contributed by atoms with Crippen LogP contribution in [0.15, 0.2) is 18.3 Å². The summed E-state index contributed by atoms with van der Waals surface area (Å²) in [6.45, 7) is 0. The first kappa shape index (κ1) is 8.59. The molecule has 2 aromatic rings. The number of carbonyl (C=O) groups is 1. The summed E-state index contributed by atoms with van der Waals surface area (Å²) in [7, 11) is 0. The molecule has 0 unspecified atom stereocenters. The number of rotatable bonds is 2. The molecule has 1 aliphatic carbocycles. The quantitative estimate of drug-likeness (QED) is 0.703. The number of hydrogen-bond acceptors (Lipinski definition) is 2. The van der Waals surface area contributed by atoms with Crippen LogP contribution in [0.5, 0.6) is 0 Å². The Labute approximate surface area is 85.5 Å². The monoisotopic (exact) mass is 204 g/mol. The molecule has 1 saturated carbocycles. The Hall–Kier alpha value is -1.71. The Morgan fingerprint density at radius 1 is 1.47 bits per heavy atom. The highest BCUT2D eigenvalue weighted by Gasteiger charge is 2.27. The van der Waals surface area contributed by atoms with E-state index in [9.17, 15) is 9.18 Å². The lowest BCUT2D eigenvalue weighted by Gasteiger charge is -2.03. The van der Waals surface area contributed by atoms with Crippen molar-refractivity contribution in [2.75, 3.05) is 0 Å². The highest BCUT2D eigenvalue weighted by atomic mass is 19.1.